The highest BCUT2D eigenvalue weighted by atomic mass is 16.5. The average Bonchev–Trinajstić information content (AvgIpc) is 3.42. The Morgan fingerprint density at radius 2 is 1.42 bits per heavy atom. The third kappa shape index (κ3) is 3.29. The fourth-order valence-corrected chi connectivity index (χ4v) is 5.80. The number of hydrogen-bond donors (Lipinski definition) is 1. The predicted molar refractivity (Wildman–Crippen MR) is 155 cm³/mol. The molecular weight excluding hydrogens is 464 g/mol. The molecule has 3 heterocycles. The van der Waals surface area contributed by atoms with Crippen molar-refractivity contribution in [1.29, 1.82) is 0 Å². The van der Waals surface area contributed by atoms with E-state index in [2.05, 4.69) is 132 Å². The van der Waals surface area contributed by atoms with E-state index < -0.39 is 0 Å². The van der Waals surface area contributed by atoms with Crippen molar-refractivity contribution in [2.45, 2.75) is 6.17 Å². The Morgan fingerprint density at radius 1 is 0.605 bits per heavy atom. The quantitative estimate of drug-likeness (QED) is 0.270. The largest absolute Gasteiger partial charge is 0.456 e. The Kier molecular flexibility index (Phi) is 4.58. The van der Waals surface area contributed by atoms with Crippen LogP contribution in [0.25, 0.3) is 49.9 Å². The molecule has 0 amide bonds. The van der Waals surface area contributed by atoms with Crippen LogP contribution in [-0.2, 0) is 0 Å². The molecule has 8 rings (SSSR count). The van der Waals surface area contributed by atoms with Gasteiger partial charge in [0.25, 0.3) is 0 Å². The van der Waals surface area contributed by atoms with Gasteiger partial charge in [-0.2, -0.15) is 0 Å². The van der Waals surface area contributed by atoms with E-state index in [0.717, 1.165) is 22.8 Å². The van der Waals surface area contributed by atoms with Gasteiger partial charge in [0.1, 0.15) is 17.7 Å². The smallest absolute Gasteiger partial charge is 0.135 e. The van der Waals surface area contributed by atoms with Crippen LogP contribution in [0.3, 0.4) is 0 Å². The van der Waals surface area contributed by atoms with Crippen LogP contribution in [0.2, 0.25) is 0 Å². The molecule has 0 radical (unpaired) electrons. The van der Waals surface area contributed by atoms with Crippen LogP contribution in [0.1, 0.15) is 5.56 Å². The van der Waals surface area contributed by atoms with Gasteiger partial charge >= 0.3 is 0 Å². The van der Waals surface area contributed by atoms with Gasteiger partial charge in [-0.3, -0.25) is 0 Å². The monoisotopic (exact) mass is 488 g/mol. The first-order chi connectivity index (χ1) is 18.8. The highest BCUT2D eigenvalue weighted by molar-refractivity contribution is 6.10. The maximum Gasteiger partial charge on any atom is 0.135 e. The van der Waals surface area contributed by atoms with Crippen LogP contribution >= 0.6 is 0 Å². The van der Waals surface area contributed by atoms with Gasteiger partial charge in [0, 0.05) is 23.3 Å². The van der Waals surface area contributed by atoms with Gasteiger partial charge in [-0.05, 0) is 69.1 Å². The van der Waals surface area contributed by atoms with Crippen molar-refractivity contribution in [1.82, 2.24) is 10.2 Å². The molecule has 180 valence electrons. The zero-order valence-corrected chi connectivity index (χ0v) is 20.6. The van der Waals surface area contributed by atoms with Gasteiger partial charge < -0.3 is 15.0 Å². The normalized spacial score (nSPS) is 16.5. The van der Waals surface area contributed by atoms with E-state index in [1.54, 1.807) is 0 Å². The van der Waals surface area contributed by atoms with Gasteiger partial charge in [0.2, 0.25) is 0 Å². The summed E-state index contributed by atoms with van der Waals surface area (Å²) < 4.78 is 6.30. The number of para-hydroxylation sites is 1. The molecule has 3 nitrogen and oxygen atoms in total. The van der Waals surface area contributed by atoms with Gasteiger partial charge in [0.05, 0.1) is 5.70 Å². The number of benzene rings is 5. The summed E-state index contributed by atoms with van der Waals surface area (Å²) in [6.45, 7) is 0. The van der Waals surface area contributed by atoms with E-state index in [9.17, 15) is 0 Å². The second-order valence-electron chi connectivity index (χ2n) is 9.90. The zero-order chi connectivity index (χ0) is 25.1. The predicted octanol–water partition coefficient (Wildman–Crippen LogP) is 8.56. The van der Waals surface area contributed by atoms with E-state index in [-0.39, 0.29) is 6.17 Å². The number of ether oxygens (including phenoxy) is 1. The van der Waals surface area contributed by atoms with Crippen molar-refractivity contribution in [2.24, 2.45) is 0 Å². The molecule has 1 unspecified atom stereocenters. The zero-order valence-electron chi connectivity index (χ0n) is 20.6. The number of hydrogen-bond acceptors (Lipinski definition) is 3. The molecule has 3 aliphatic heterocycles. The van der Waals surface area contributed by atoms with Gasteiger partial charge in [-0.25, -0.2) is 0 Å². The Labute approximate surface area is 221 Å². The summed E-state index contributed by atoms with van der Waals surface area (Å²) in [6.07, 6.45) is 10.8. The molecule has 38 heavy (non-hydrogen) atoms. The molecule has 5 aromatic rings. The standard InChI is InChI=1S/C35H24N2O/c1-2-12-32-28(9-1)30-11-6-10-29-27(18-19-33(38-32)35(29)30)26-8-5-7-25(21-26)23-14-16-24(17-15-23)31-22-37-20-4-3-13-34(37)36-31/h1-22,34,36H. The lowest BCUT2D eigenvalue weighted by Gasteiger charge is -2.22. The molecule has 3 heteroatoms. The summed E-state index contributed by atoms with van der Waals surface area (Å²) in [5.41, 5.74) is 9.51. The molecule has 0 fully saturated rings. The molecule has 3 aliphatic rings. The fraction of sp³-hybridized carbons (Fsp3) is 0.0286. The summed E-state index contributed by atoms with van der Waals surface area (Å²) in [4.78, 5) is 2.19. The van der Waals surface area contributed by atoms with Crippen molar-refractivity contribution < 1.29 is 4.74 Å². The Balaban J connectivity index is 1.16. The number of nitrogens with one attached hydrogen (secondary N) is 1. The van der Waals surface area contributed by atoms with Crippen molar-refractivity contribution in [3.8, 4) is 44.9 Å². The Morgan fingerprint density at radius 3 is 2.34 bits per heavy atom. The van der Waals surface area contributed by atoms with Crippen LogP contribution in [-0.4, -0.2) is 11.1 Å². The van der Waals surface area contributed by atoms with Crippen LogP contribution in [0.5, 0.6) is 11.5 Å². The molecule has 0 saturated carbocycles. The summed E-state index contributed by atoms with van der Waals surface area (Å²) in [7, 11) is 0. The first-order valence-electron chi connectivity index (χ1n) is 13.0. The maximum atomic E-state index is 6.30. The minimum absolute atomic E-state index is 0.201. The van der Waals surface area contributed by atoms with E-state index in [1.165, 1.54) is 44.2 Å². The minimum atomic E-state index is 0.201. The SMILES string of the molecule is C1=CC2NC(c3ccc(-c4cccc(-c5ccc6c7c(cccc57)-c5ccccc5O6)c4)cc3)=CN2C=C1. The molecule has 0 saturated heterocycles. The van der Waals surface area contributed by atoms with E-state index in [4.69, 9.17) is 4.74 Å². The van der Waals surface area contributed by atoms with Gasteiger partial charge in [-0.1, -0.05) is 91.0 Å². The number of allylic oxidation sites excluding steroid dienone is 2. The second kappa shape index (κ2) is 8.25. The highest BCUT2D eigenvalue weighted by Gasteiger charge is 2.22. The number of nitrogens with zero attached hydrogens (tertiary/aromatic N) is 1. The van der Waals surface area contributed by atoms with E-state index in [1.807, 2.05) is 12.1 Å². The Bertz CT molecular complexity index is 1830. The van der Waals surface area contributed by atoms with Crippen LogP contribution in [0.4, 0.5) is 0 Å². The topological polar surface area (TPSA) is 24.5 Å². The summed E-state index contributed by atoms with van der Waals surface area (Å²) >= 11 is 0. The minimum Gasteiger partial charge on any atom is -0.456 e. The first-order valence-corrected chi connectivity index (χ1v) is 13.0. The number of fused-ring (bicyclic) bond motifs is 3. The molecule has 1 atom stereocenters. The molecule has 0 aromatic heterocycles. The van der Waals surface area contributed by atoms with Gasteiger partial charge in [-0.15, -0.1) is 0 Å². The molecule has 1 N–H and O–H groups in total. The lowest BCUT2D eigenvalue weighted by atomic mass is 9.90. The van der Waals surface area contributed by atoms with Crippen LogP contribution in [0, 0.1) is 0 Å². The third-order valence-electron chi connectivity index (χ3n) is 7.67. The first kappa shape index (κ1) is 21.1. The van der Waals surface area contributed by atoms with E-state index >= 15 is 0 Å². The fourth-order valence-electron chi connectivity index (χ4n) is 5.80. The second-order valence-corrected chi connectivity index (χ2v) is 9.90. The van der Waals surface area contributed by atoms with Crippen molar-refractivity contribution in [3.05, 3.63) is 139 Å². The third-order valence-corrected chi connectivity index (χ3v) is 7.67. The Hall–Kier alpha value is -5.02. The molecular formula is C35H24N2O. The molecule has 0 spiro atoms. The van der Waals surface area contributed by atoms with Crippen molar-refractivity contribution >= 4 is 16.5 Å². The van der Waals surface area contributed by atoms with E-state index in [0.29, 0.717) is 0 Å². The summed E-state index contributed by atoms with van der Waals surface area (Å²) in [5.74, 6) is 1.83. The molecule has 0 bridgehead atoms. The lowest BCUT2D eigenvalue weighted by molar-refractivity contribution is 0.427. The summed E-state index contributed by atoms with van der Waals surface area (Å²) in [5, 5.41) is 5.97. The maximum absolute atomic E-state index is 6.30. The number of rotatable bonds is 3. The average molecular weight is 489 g/mol. The van der Waals surface area contributed by atoms with Crippen LogP contribution < -0.4 is 10.1 Å². The van der Waals surface area contributed by atoms with Crippen molar-refractivity contribution in [3.63, 3.8) is 0 Å². The lowest BCUT2D eigenvalue weighted by Crippen LogP contribution is -2.31. The summed E-state index contributed by atoms with van der Waals surface area (Å²) in [6, 6.07) is 36.8. The van der Waals surface area contributed by atoms with Gasteiger partial charge in [0.15, 0.2) is 0 Å². The molecule has 5 aromatic carbocycles. The van der Waals surface area contributed by atoms with Crippen molar-refractivity contribution in [2.75, 3.05) is 0 Å². The highest BCUT2D eigenvalue weighted by Crippen LogP contribution is 2.48. The molecule has 0 aliphatic carbocycles. The van der Waals surface area contributed by atoms with Crippen LogP contribution in [0.15, 0.2) is 134 Å².